The molecular formula is C21H17ClN2. The van der Waals surface area contributed by atoms with Gasteiger partial charge in [0, 0.05) is 22.3 Å². The van der Waals surface area contributed by atoms with Gasteiger partial charge in [0.15, 0.2) is 0 Å². The van der Waals surface area contributed by atoms with Crippen molar-refractivity contribution in [2.24, 2.45) is 4.99 Å². The van der Waals surface area contributed by atoms with Gasteiger partial charge < -0.3 is 4.57 Å². The fraction of sp³-hybridized carbons (Fsp3) is 0.190. The van der Waals surface area contributed by atoms with E-state index in [-0.39, 0.29) is 0 Å². The second-order valence-corrected chi connectivity index (χ2v) is 6.91. The Morgan fingerprint density at radius 2 is 1.88 bits per heavy atom. The van der Waals surface area contributed by atoms with Gasteiger partial charge in [-0.05, 0) is 60.7 Å². The molecule has 1 aliphatic carbocycles. The van der Waals surface area contributed by atoms with E-state index in [1.165, 1.54) is 36.0 Å². The number of aromatic nitrogens is 1. The molecule has 3 aromatic rings. The summed E-state index contributed by atoms with van der Waals surface area (Å²) in [6, 6.07) is 17.1. The van der Waals surface area contributed by atoms with Gasteiger partial charge in [-0.25, -0.2) is 0 Å². The number of benzene rings is 2. The van der Waals surface area contributed by atoms with Crippen LogP contribution in [0.3, 0.4) is 0 Å². The lowest BCUT2D eigenvalue weighted by Gasteiger charge is -2.12. The summed E-state index contributed by atoms with van der Waals surface area (Å²) >= 11 is 6.44. The first-order chi connectivity index (χ1) is 11.8. The van der Waals surface area contributed by atoms with E-state index in [0.29, 0.717) is 6.54 Å². The minimum absolute atomic E-state index is 0.614. The lowest BCUT2D eigenvalue weighted by Crippen LogP contribution is -2.08. The predicted octanol–water partition coefficient (Wildman–Crippen LogP) is 4.97. The van der Waals surface area contributed by atoms with Crippen molar-refractivity contribution in [2.45, 2.75) is 25.8 Å². The summed E-state index contributed by atoms with van der Waals surface area (Å²) in [6.07, 6.45) is 5.75. The molecule has 5 rings (SSSR count). The van der Waals surface area contributed by atoms with Crippen molar-refractivity contribution in [3.63, 3.8) is 0 Å². The van der Waals surface area contributed by atoms with E-state index < -0.39 is 0 Å². The first-order valence-corrected chi connectivity index (χ1v) is 8.81. The van der Waals surface area contributed by atoms with Crippen LogP contribution in [0.4, 0.5) is 0 Å². The van der Waals surface area contributed by atoms with Crippen LogP contribution in [-0.2, 0) is 19.4 Å². The maximum Gasteiger partial charge on any atom is 0.0891 e. The highest BCUT2D eigenvalue weighted by Crippen LogP contribution is 2.31. The van der Waals surface area contributed by atoms with Crippen LogP contribution in [-0.4, -0.2) is 10.3 Å². The van der Waals surface area contributed by atoms with Crippen molar-refractivity contribution >= 4 is 17.3 Å². The molecule has 1 aromatic heterocycles. The largest absolute Gasteiger partial charge is 0.315 e. The highest BCUT2D eigenvalue weighted by atomic mass is 35.5. The van der Waals surface area contributed by atoms with Gasteiger partial charge >= 0.3 is 0 Å². The van der Waals surface area contributed by atoms with E-state index in [1.54, 1.807) is 0 Å². The summed E-state index contributed by atoms with van der Waals surface area (Å²) in [5.41, 5.74) is 8.59. The predicted molar refractivity (Wildman–Crippen MR) is 98.6 cm³/mol. The molecule has 0 unspecified atom stereocenters. The second-order valence-electron chi connectivity index (χ2n) is 6.50. The van der Waals surface area contributed by atoms with Gasteiger partial charge in [-0.3, -0.25) is 4.99 Å². The minimum atomic E-state index is 0.614. The number of fused-ring (bicyclic) bond motifs is 4. The third-order valence-electron chi connectivity index (χ3n) is 5.11. The molecule has 1 aliphatic heterocycles. The minimum Gasteiger partial charge on any atom is -0.315 e. The second kappa shape index (κ2) is 5.35. The quantitative estimate of drug-likeness (QED) is 0.598. The van der Waals surface area contributed by atoms with Gasteiger partial charge in [0.2, 0.25) is 0 Å². The van der Waals surface area contributed by atoms with Crippen molar-refractivity contribution < 1.29 is 0 Å². The fourth-order valence-corrected chi connectivity index (χ4v) is 4.14. The van der Waals surface area contributed by atoms with Crippen LogP contribution >= 0.6 is 11.6 Å². The van der Waals surface area contributed by atoms with E-state index in [9.17, 15) is 0 Å². The van der Waals surface area contributed by atoms with Gasteiger partial charge in [-0.15, -0.1) is 0 Å². The Balaban J connectivity index is 1.70. The summed E-state index contributed by atoms with van der Waals surface area (Å²) in [5.74, 6) is 0. The molecule has 0 atom stereocenters. The molecule has 0 fully saturated rings. The lowest BCUT2D eigenvalue weighted by atomic mass is 10.0. The van der Waals surface area contributed by atoms with Crippen molar-refractivity contribution in [3.8, 4) is 5.69 Å². The van der Waals surface area contributed by atoms with Crippen molar-refractivity contribution in [2.75, 3.05) is 0 Å². The van der Waals surface area contributed by atoms with Crippen LogP contribution < -0.4 is 0 Å². The molecule has 0 spiro atoms. The molecule has 3 heteroatoms. The molecular weight excluding hydrogens is 316 g/mol. The number of hydrogen-bond donors (Lipinski definition) is 0. The van der Waals surface area contributed by atoms with E-state index in [4.69, 9.17) is 16.6 Å². The number of halogens is 1. The molecule has 24 heavy (non-hydrogen) atoms. The Morgan fingerprint density at radius 1 is 0.958 bits per heavy atom. The standard InChI is InChI=1S/C21H17ClN2/c22-18-6-2-7-19-17(18)13-23-21(20-8-3-11-24(19)20)16-10-9-14-4-1-5-15(14)12-16/h2-3,6-12H,1,4-5,13H2. The SMILES string of the molecule is Clc1cccc2c1CN=C(c1ccc3c(c1)CCC3)c1cccn1-2. The van der Waals surface area contributed by atoms with Crippen molar-refractivity contribution in [1.82, 2.24) is 4.57 Å². The molecule has 2 aromatic carbocycles. The van der Waals surface area contributed by atoms with Crippen molar-refractivity contribution in [3.05, 3.63) is 87.7 Å². The van der Waals surface area contributed by atoms with Gasteiger partial charge in [0.25, 0.3) is 0 Å². The third kappa shape index (κ3) is 2.06. The summed E-state index contributed by atoms with van der Waals surface area (Å²) in [7, 11) is 0. The molecule has 0 amide bonds. The molecule has 2 nitrogen and oxygen atoms in total. The monoisotopic (exact) mass is 332 g/mol. The van der Waals surface area contributed by atoms with Crippen molar-refractivity contribution in [1.29, 1.82) is 0 Å². The van der Waals surface area contributed by atoms with E-state index in [2.05, 4.69) is 47.2 Å². The Bertz CT molecular complexity index is 981. The molecule has 2 heterocycles. The Kier molecular flexibility index (Phi) is 3.14. The molecule has 0 N–H and O–H groups in total. The summed E-state index contributed by atoms with van der Waals surface area (Å²) in [6.45, 7) is 0.614. The molecule has 2 aliphatic rings. The molecule has 0 saturated carbocycles. The number of nitrogens with zero attached hydrogens (tertiary/aromatic N) is 2. The summed E-state index contributed by atoms with van der Waals surface area (Å²) < 4.78 is 2.21. The zero-order valence-electron chi connectivity index (χ0n) is 13.3. The van der Waals surface area contributed by atoms with Gasteiger partial charge in [0.1, 0.15) is 0 Å². The average molecular weight is 333 g/mol. The number of hydrogen-bond acceptors (Lipinski definition) is 1. The Morgan fingerprint density at radius 3 is 2.83 bits per heavy atom. The van der Waals surface area contributed by atoms with Gasteiger partial charge in [-0.1, -0.05) is 29.8 Å². The lowest BCUT2D eigenvalue weighted by molar-refractivity contribution is 0.912. The van der Waals surface area contributed by atoms with Crippen LogP contribution in [0, 0.1) is 0 Å². The number of aryl methyl sites for hydroxylation is 2. The van der Waals surface area contributed by atoms with Crippen LogP contribution in [0.15, 0.2) is 59.7 Å². The molecule has 0 radical (unpaired) electrons. The van der Waals surface area contributed by atoms with Crippen LogP contribution in [0.25, 0.3) is 5.69 Å². The summed E-state index contributed by atoms with van der Waals surface area (Å²) in [4.78, 5) is 4.95. The molecule has 0 bridgehead atoms. The Hall–Kier alpha value is -2.32. The first kappa shape index (κ1) is 14.1. The van der Waals surface area contributed by atoms with E-state index in [0.717, 1.165) is 27.7 Å². The molecule has 118 valence electrons. The van der Waals surface area contributed by atoms with Crippen LogP contribution in [0.1, 0.15) is 34.4 Å². The average Bonchev–Trinajstić information content (AvgIpc) is 3.22. The normalized spacial score (nSPS) is 15.3. The maximum atomic E-state index is 6.44. The highest BCUT2D eigenvalue weighted by Gasteiger charge is 2.21. The Labute approximate surface area is 146 Å². The van der Waals surface area contributed by atoms with Crippen LogP contribution in [0.5, 0.6) is 0 Å². The molecule has 0 saturated heterocycles. The number of rotatable bonds is 1. The highest BCUT2D eigenvalue weighted by molar-refractivity contribution is 6.31. The van der Waals surface area contributed by atoms with E-state index in [1.807, 2.05) is 12.1 Å². The topological polar surface area (TPSA) is 17.3 Å². The third-order valence-corrected chi connectivity index (χ3v) is 5.47. The van der Waals surface area contributed by atoms with Crippen LogP contribution in [0.2, 0.25) is 5.02 Å². The van der Waals surface area contributed by atoms with Gasteiger partial charge in [-0.2, -0.15) is 0 Å². The van der Waals surface area contributed by atoms with Gasteiger partial charge in [0.05, 0.1) is 23.6 Å². The zero-order valence-corrected chi connectivity index (χ0v) is 14.1. The maximum absolute atomic E-state index is 6.44. The first-order valence-electron chi connectivity index (χ1n) is 8.43. The van der Waals surface area contributed by atoms with E-state index >= 15 is 0 Å². The fourth-order valence-electron chi connectivity index (χ4n) is 3.91. The number of aliphatic imine (C=N–C) groups is 1. The summed E-state index contributed by atoms with van der Waals surface area (Å²) in [5, 5.41) is 0.783. The smallest absolute Gasteiger partial charge is 0.0891 e. The zero-order chi connectivity index (χ0) is 16.1.